The number of phenolic OH excluding ortho intramolecular Hbond substituents is 1. The number of nitrogens with one attached hydrogen (secondary N) is 1. The molecule has 0 aromatic heterocycles. The SMILES string of the molecule is Cc1ccccc1Oc1ccc(C(F)(F)F)cc1NC(=O)c1cc(Cl)ccc1O. The van der Waals surface area contributed by atoms with Crippen molar-refractivity contribution in [1.29, 1.82) is 0 Å². The van der Waals surface area contributed by atoms with E-state index in [1.165, 1.54) is 18.2 Å². The molecule has 4 nitrogen and oxygen atoms in total. The first-order valence-corrected chi connectivity index (χ1v) is 8.77. The van der Waals surface area contributed by atoms with Crippen LogP contribution in [0.15, 0.2) is 60.7 Å². The number of alkyl halides is 3. The van der Waals surface area contributed by atoms with Gasteiger partial charge in [-0.2, -0.15) is 13.2 Å². The molecule has 8 heteroatoms. The van der Waals surface area contributed by atoms with Crippen molar-refractivity contribution in [1.82, 2.24) is 0 Å². The van der Waals surface area contributed by atoms with Gasteiger partial charge >= 0.3 is 6.18 Å². The molecule has 0 fully saturated rings. The third-order valence-corrected chi connectivity index (χ3v) is 4.31. The molecule has 3 aromatic carbocycles. The number of amides is 1. The van der Waals surface area contributed by atoms with Gasteiger partial charge in [0.2, 0.25) is 0 Å². The molecule has 3 rings (SSSR count). The maximum absolute atomic E-state index is 13.2. The number of halogens is 4. The smallest absolute Gasteiger partial charge is 0.416 e. The van der Waals surface area contributed by atoms with Gasteiger partial charge in [0.1, 0.15) is 11.5 Å². The summed E-state index contributed by atoms with van der Waals surface area (Å²) in [4.78, 5) is 12.6. The highest BCUT2D eigenvalue weighted by Gasteiger charge is 2.31. The van der Waals surface area contributed by atoms with Crippen LogP contribution in [-0.4, -0.2) is 11.0 Å². The molecule has 3 aromatic rings. The number of ether oxygens (including phenoxy) is 1. The van der Waals surface area contributed by atoms with Gasteiger partial charge in [-0.3, -0.25) is 4.79 Å². The monoisotopic (exact) mass is 421 g/mol. The molecule has 0 radical (unpaired) electrons. The van der Waals surface area contributed by atoms with Crippen molar-refractivity contribution in [2.75, 3.05) is 5.32 Å². The van der Waals surface area contributed by atoms with Crippen molar-refractivity contribution in [3.05, 3.63) is 82.4 Å². The molecular weight excluding hydrogens is 407 g/mol. The summed E-state index contributed by atoms with van der Waals surface area (Å²) in [5.41, 5.74) is -0.582. The molecular formula is C21H15ClF3NO3. The average Bonchev–Trinajstić information content (AvgIpc) is 2.66. The fraction of sp³-hybridized carbons (Fsp3) is 0.0952. The predicted octanol–water partition coefficient (Wildman–Crippen LogP) is 6.42. The zero-order valence-electron chi connectivity index (χ0n) is 15.0. The number of carbonyl (C=O) groups excluding carboxylic acids is 1. The molecule has 0 spiro atoms. The van der Waals surface area contributed by atoms with Crippen LogP contribution < -0.4 is 10.1 Å². The largest absolute Gasteiger partial charge is 0.507 e. The fourth-order valence-electron chi connectivity index (χ4n) is 2.56. The molecule has 0 unspecified atom stereocenters. The molecule has 29 heavy (non-hydrogen) atoms. The van der Waals surface area contributed by atoms with Gasteiger partial charge in [-0.25, -0.2) is 0 Å². The standard InChI is InChI=1S/C21H15ClF3NO3/c1-12-4-2-3-5-18(12)29-19-9-6-13(21(23,24)25)10-16(19)26-20(28)15-11-14(22)7-8-17(15)27/h2-11,27H,1H3,(H,26,28). The number of aromatic hydroxyl groups is 1. The number of phenols is 1. The Morgan fingerprint density at radius 3 is 2.45 bits per heavy atom. The van der Waals surface area contributed by atoms with E-state index < -0.39 is 17.6 Å². The quantitative estimate of drug-likeness (QED) is 0.511. The highest BCUT2D eigenvalue weighted by molar-refractivity contribution is 6.31. The molecule has 0 aliphatic carbocycles. The Morgan fingerprint density at radius 2 is 1.76 bits per heavy atom. The highest BCUT2D eigenvalue weighted by Crippen LogP contribution is 2.38. The summed E-state index contributed by atoms with van der Waals surface area (Å²) >= 11 is 5.84. The summed E-state index contributed by atoms with van der Waals surface area (Å²) in [6, 6.07) is 13.5. The number of hydrogen-bond donors (Lipinski definition) is 2. The summed E-state index contributed by atoms with van der Waals surface area (Å²) in [7, 11) is 0. The van der Waals surface area contributed by atoms with Gasteiger partial charge in [-0.05, 0) is 55.0 Å². The Hall–Kier alpha value is -3.19. The van der Waals surface area contributed by atoms with Gasteiger partial charge in [0.15, 0.2) is 5.75 Å². The Labute approximate surface area is 169 Å². The number of hydrogen-bond acceptors (Lipinski definition) is 3. The maximum Gasteiger partial charge on any atom is 0.416 e. The van der Waals surface area contributed by atoms with Crippen LogP contribution in [0, 0.1) is 6.92 Å². The average molecular weight is 422 g/mol. The van der Waals surface area contributed by atoms with Crippen LogP contribution in [0.4, 0.5) is 18.9 Å². The number of carbonyl (C=O) groups is 1. The second kappa shape index (κ2) is 8.05. The number of rotatable bonds is 4. The van der Waals surface area contributed by atoms with Crippen LogP contribution >= 0.6 is 11.6 Å². The van der Waals surface area contributed by atoms with Crippen molar-refractivity contribution >= 4 is 23.2 Å². The zero-order valence-corrected chi connectivity index (χ0v) is 15.8. The summed E-state index contributed by atoms with van der Waals surface area (Å²) in [6.07, 6.45) is -4.61. The normalized spacial score (nSPS) is 11.2. The van der Waals surface area contributed by atoms with Crippen LogP contribution in [-0.2, 0) is 6.18 Å². The van der Waals surface area contributed by atoms with Crippen LogP contribution in [0.1, 0.15) is 21.5 Å². The van der Waals surface area contributed by atoms with Crippen molar-refractivity contribution < 1.29 is 27.8 Å². The second-order valence-electron chi connectivity index (χ2n) is 6.19. The van der Waals surface area contributed by atoms with Crippen molar-refractivity contribution in [2.45, 2.75) is 13.1 Å². The van der Waals surface area contributed by atoms with E-state index in [0.717, 1.165) is 23.8 Å². The third kappa shape index (κ3) is 4.81. The first kappa shape index (κ1) is 20.5. The van der Waals surface area contributed by atoms with Gasteiger partial charge in [-0.15, -0.1) is 0 Å². The minimum absolute atomic E-state index is 0.0159. The molecule has 150 valence electrons. The summed E-state index contributed by atoms with van der Waals surface area (Å²) in [6.45, 7) is 1.78. The summed E-state index contributed by atoms with van der Waals surface area (Å²) in [5.74, 6) is -0.755. The third-order valence-electron chi connectivity index (χ3n) is 4.07. The maximum atomic E-state index is 13.2. The Balaban J connectivity index is 2.01. The molecule has 0 saturated carbocycles. The Bertz CT molecular complexity index is 1070. The molecule has 0 saturated heterocycles. The van der Waals surface area contributed by atoms with Gasteiger partial charge in [0.05, 0.1) is 16.8 Å². The van der Waals surface area contributed by atoms with Crippen molar-refractivity contribution in [2.24, 2.45) is 0 Å². The van der Waals surface area contributed by atoms with E-state index >= 15 is 0 Å². The van der Waals surface area contributed by atoms with E-state index in [0.29, 0.717) is 5.75 Å². The highest BCUT2D eigenvalue weighted by atomic mass is 35.5. The number of para-hydroxylation sites is 1. The molecule has 2 N–H and O–H groups in total. The lowest BCUT2D eigenvalue weighted by Crippen LogP contribution is -2.14. The molecule has 0 aliphatic rings. The Kier molecular flexibility index (Phi) is 5.70. The first-order valence-electron chi connectivity index (χ1n) is 8.40. The first-order chi connectivity index (χ1) is 13.6. The number of anilines is 1. The fourth-order valence-corrected chi connectivity index (χ4v) is 2.73. The van der Waals surface area contributed by atoms with Gasteiger partial charge in [0.25, 0.3) is 5.91 Å². The minimum Gasteiger partial charge on any atom is -0.507 e. The predicted molar refractivity (Wildman–Crippen MR) is 104 cm³/mol. The van der Waals surface area contributed by atoms with E-state index in [4.69, 9.17) is 16.3 Å². The van der Waals surface area contributed by atoms with E-state index in [-0.39, 0.29) is 27.8 Å². The van der Waals surface area contributed by atoms with Crippen LogP contribution in [0.5, 0.6) is 17.2 Å². The molecule has 1 amide bonds. The minimum atomic E-state index is -4.61. The van der Waals surface area contributed by atoms with Crippen LogP contribution in [0.3, 0.4) is 0 Å². The van der Waals surface area contributed by atoms with Crippen LogP contribution in [0.25, 0.3) is 0 Å². The van der Waals surface area contributed by atoms with E-state index in [9.17, 15) is 23.1 Å². The number of aryl methyl sites for hydroxylation is 1. The lowest BCUT2D eigenvalue weighted by atomic mass is 10.1. The van der Waals surface area contributed by atoms with Crippen LogP contribution in [0.2, 0.25) is 5.02 Å². The molecule has 0 heterocycles. The molecule has 0 aliphatic heterocycles. The summed E-state index contributed by atoms with van der Waals surface area (Å²) < 4.78 is 45.2. The topological polar surface area (TPSA) is 58.6 Å². The van der Waals surface area contributed by atoms with Crippen molar-refractivity contribution in [3.8, 4) is 17.2 Å². The Morgan fingerprint density at radius 1 is 1.03 bits per heavy atom. The van der Waals surface area contributed by atoms with Crippen molar-refractivity contribution in [3.63, 3.8) is 0 Å². The lowest BCUT2D eigenvalue weighted by Gasteiger charge is -2.16. The van der Waals surface area contributed by atoms with Gasteiger partial charge < -0.3 is 15.2 Å². The lowest BCUT2D eigenvalue weighted by molar-refractivity contribution is -0.137. The van der Waals surface area contributed by atoms with Gasteiger partial charge in [0, 0.05) is 5.02 Å². The van der Waals surface area contributed by atoms with Gasteiger partial charge in [-0.1, -0.05) is 29.8 Å². The summed E-state index contributed by atoms with van der Waals surface area (Å²) in [5, 5.41) is 12.4. The zero-order chi connectivity index (χ0) is 21.2. The van der Waals surface area contributed by atoms with E-state index in [2.05, 4.69) is 5.32 Å². The van der Waals surface area contributed by atoms with E-state index in [1.54, 1.807) is 31.2 Å². The molecule has 0 bridgehead atoms. The second-order valence-corrected chi connectivity index (χ2v) is 6.63. The number of benzene rings is 3. The van der Waals surface area contributed by atoms with E-state index in [1.807, 2.05) is 0 Å². The molecule has 0 atom stereocenters.